The molecular weight excluding hydrogens is 262 g/mol. The first kappa shape index (κ1) is 11.8. The summed E-state index contributed by atoms with van der Waals surface area (Å²) < 4.78 is 1.91. The van der Waals surface area contributed by atoms with Crippen LogP contribution in [0.2, 0.25) is 0 Å². The van der Waals surface area contributed by atoms with E-state index in [1.165, 1.54) is 5.56 Å². The topological polar surface area (TPSA) is 59.4 Å². The van der Waals surface area contributed by atoms with Gasteiger partial charge in [0.25, 0.3) is 0 Å². The van der Waals surface area contributed by atoms with Crippen molar-refractivity contribution >= 4 is 10.9 Å². The number of benzene rings is 2. The first-order chi connectivity index (χ1) is 10.4. The molecule has 0 radical (unpaired) electrons. The molecule has 0 aliphatic rings. The molecule has 0 unspecified atom stereocenters. The van der Waals surface area contributed by atoms with Crippen LogP contribution in [0.25, 0.3) is 22.2 Å². The average Bonchev–Trinajstić information content (AvgIpc) is 3.16. The third-order valence-corrected chi connectivity index (χ3v) is 3.53. The Bertz CT molecular complexity index is 876. The predicted octanol–water partition coefficient (Wildman–Crippen LogP) is 2.87. The minimum atomic E-state index is 0.708. The van der Waals surface area contributed by atoms with Gasteiger partial charge in [0.05, 0.1) is 30.1 Å². The Morgan fingerprint density at radius 2 is 1.90 bits per heavy atom. The fourth-order valence-corrected chi connectivity index (χ4v) is 2.46. The van der Waals surface area contributed by atoms with Crippen molar-refractivity contribution in [2.24, 2.45) is 0 Å². The first-order valence-electron chi connectivity index (χ1n) is 6.76. The van der Waals surface area contributed by atoms with E-state index in [1.807, 2.05) is 35.1 Å². The molecule has 0 bridgehead atoms. The fraction of sp³-hybridized carbons (Fsp3) is 0.0625. The number of H-pyrrole nitrogens is 1. The van der Waals surface area contributed by atoms with Crippen molar-refractivity contribution in [3.05, 3.63) is 66.5 Å². The lowest BCUT2D eigenvalue weighted by molar-refractivity contribution is 0.655. The Balaban J connectivity index is 1.74. The summed E-state index contributed by atoms with van der Waals surface area (Å²) in [5, 5.41) is 16.3. The maximum atomic E-state index is 4.20. The van der Waals surface area contributed by atoms with Gasteiger partial charge < -0.3 is 0 Å². The lowest BCUT2D eigenvalue weighted by atomic mass is 10.1. The minimum Gasteiger partial charge on any atom is -0.278 e. The van der Waals surface area contributed by atoms with Crippen molar-refractivity contribution in [2.45, 2.75) is 6.54 Å². The highest BCUT2D eigenvalue weighted by Crippen LogP contribution is 2.23. The number of hydrogen-bond donors (Lipinski definition) is 1. The second-order valence-electron chi connectivity index (χ2n) is 4.93. The summed E-state index contributed by atoms with van der Waals surface area (Å²) in [6.07, 6.45) is 3.62. The smallest absolute Gasteiger partial charge is 0.0889 e. The van der Waals surface area contributed by atoms with Crippen LogP contribution in [0.5, 0.6) is 0 Å². The van der Waals surface area contributed by atoms with Gasteiger partial charge in [-0.15, -0.1) is 5.10 Å². The monoisotopic (exact) mass is 275 g/mol. The predicted molar refractivity (Wildman–Crippen MR) is 80.7 cm³/mol. The molecule has 2 heterocycles. The van der Waals surface area contributed by atoms with Crippen LogP contribution in [-0.4, -0.2) is 25.2 Å². The molecule has 5 nitrogen and oxygen atoms in total. The van der Waals surface area contributed by atoms with Gasteiger partial charge in [0.2, 0.25) is 0 Å². The molecular formula is C16H13N5. The number of rotatable bonds is 3. The number of nitrogens with zero attached hydrogens (tertiary/aromatic N) is 4. The Kier molecular flexibility index (Phi) is 2.74. The van der Waals surface area contributed by atoms with Crippen molar-refractivity contribution in [3.8, 4) is 11.3 Å². The Morgan fingerprint density at radius 1 is 1.00 bits per heavy atom. The van der Waals surface area contributed by atoms with Gasteiger partial charge in [0.1, 0.15) is 0 Å². The van der Waals surface area contributed by atoms with Crippen LogP contribution < -0.4 is 0 Å². The normalized spacial score (nSPS) is 11.0. The van der Waals surface area contributed by atoms with Crippen LogP contribution in [0, 0.1) is 0 Å². The summed E-state index contributed by atoms with van der Waals surface area (Å²) in [7, 11) is 0. The van der Waals surface area contributed by atoms with Gasteiger partial charge in [-0.05, 0) is 17.7 Å². The largest absolute Gasteiger partial charge is 0.278 e. The Morgan fingerprint density at radius 3 is 2.81 bits per heavy atom. The number of aromatic nitrogens is 5. The van der Waals surface area contributed by atoms with Crippen molar-refractivity contribution in [1.29, 1.82) is 0 Å². The van der Waals surface area contributed by atoms with Gasteiger partial charge in [-0.2, -0.15) is 5.10 Å². The first-order valence-corrected chi connectivity index (χ1v) is 6.76. The quantitative estimate of drug-likeness (QED) is 0.625. The zero-order chi connectivity index (χ0) is 14.1. The van der Waals surface area contributed by atoms with Crippen molar-refractivity contribution in [3.63, 3.8) is 0 Å². The second-order valence-corrected chi connectivity index (χ2v) is 4.93. The molecule has 4 aromatic rings. The van der Waals surface area contributed by atoms with Crippen LogP contribution in [0.3, 0.4) is 0 Å². The molecule has 0 fully saturated rings. The zero-order valence-electron chi connectivity index (χ0n) is 11.3. The summed E-state index contributed by atoms with van der Waals surface area (Å²) in [5.74, 6) is 0. The van der Waals surface area contributed by atoms with Crippen molar-refractivity contribution in [2.75, 3.05) is 0 Å². The molecule has 0 aliphatic carbocycles. The third kappa shape index (κ3) is 2.18. The third-order valence-electron chi connectivity index (χ3n) is 3.53. The van der Waals surface area contributed by atoms with E-state index in [0.29, 0.717) is 6.54 Å². The molecule has 0 saturated heterocycles. The second kappa shape index (κ2) is 4.86. The van der Waals surface area contributed by atoms with Gasteiger partial charge in [-0.1, -0.05) is 41.6 Å². The number of fused-ring (bicyclic) bond motifs is 1. The van der Waals surface area contributed by atoms with E-state index in [1.54, 1.807) is 6.20 Å². The number of aromatic amines is 1. The maximum Gasteiger partial charge on any atom is 0.0889 e. The van der Waals surface area contributed by atoms with Crippen LogP contribution >= 0.6 is 0 Å². The summed E-state index contributed by atoms with van der Waals surface area (Å²) in [6, 6.07) is 16.4. The van der Waals surface area contributed by atoms with Gasteiger partial charge in [0.15, 0.2) is 0 Å². The molecule has 5 heteroatoms. The highest BCUT2D eigenvalue weighted by molar-refractivity contribution is 5.83. The zero-order valence-corrected chi connectivity index (χ0v) is 11.3. The summed E-state index contributed by atoms with van der Waals surface area (Å²) in [4.78, 5) is 0. The van der Waals surface area contributed by atoms with Crippen LogP contribution in [-0.2, 0) is 6.54 Å². The molecule has 0 atom stereocenters. The summed E-state index contributed by atoms with van der Waals surface area (Å²) in [6.45, 7) is 0.708. The van der Waals surface area contributed by atoms with Crippen LogP contribution in [0.4, 0.5) is 0 Å². The number of hydrogen-bond acceptors (Lipinski definition) is 3. The molecule has 1 N–H and O–H groups in total. The minimum absolute atomic E-state index is 0.708. The van der Waals surface area contributed by atoms with Gasteiger partial charge in [-0.25, -0.2) is 4.68 Å². The van der Waals surface area contributed by atoms with Crippen LogP contribution in [0.1, 0.15) is 5.56 Å². The maximum absolute atomic E-state index is 4.20. The summed E-state index contributed by atoms with van der Waals surface area (Å²) in [5.41, 5.74) is 4.32. The highest BCUT2D eigenvalue weighted by Gasteiger charge is 2.08. The average molecular weight is 275 g/mol. The molecule has 0 saturated carbocycles. The van der Waals surface area contributed by atoms with E-state index in [0.717, 1.165) is 22.2 Å². The SMILES string of the molecule is c1ccc(Cn2nncc2-c2ccc3[nH]ncc3c2)cc1. The molecule has 2 aromatic heterocycles. The molecule has 2 aromatic carbocycles. The molecule has 4 rings (SSSR count). The molecule has 21 heavy (non-hydrogen) atoms. The van der Waals surface area contributed by atoms with E-state index >= 15 is 0 Å². The standard InChI is InChI=1S/C16H13N5/c1-2-4-12(5-3-1)11-21-16(10-18-20-21)13-6-7-15-14(8-13)9-17-19-15/h1-10H,11H2,(H,17,19). The van der Waals surface area contributed by atoms with Gasteiger partial charge in [0, 0.05) is 10.9 Å². The van der Waals surface area contributed by atoms with Crippen LogP contribution in [0.15, 0.2) is 60.9 Å². The van der Waals surface area contributed by atoms with E-state index in [2.05, 4.69) is 44.8 Å². The van der Waals surface area contributed by atoms with E-state index in [4.69, 9.17) is 0 Å². The van der Waals surface area contributed by atoms with E-state index < -0.39 is 0 Å². The molecule has 0 aliphatic heterocycles. The van der Waals surface area contributed by atoms with Gasteiger partial charge >= 0.3 is 0 Å². The lowest BCUT2D eigenvalue weighted by Crippen LogP contribution is -2.03. The van der Waals surface area contributed by atoms with E-state index in [-0.39, 0.29) is 0 Å². The van der Waals surface area contributed by atoms with Gasteiger partial charge in [-0.3, -0.25) is 5.10 Å². The Labute approximate surface area is 121 Å². The molecule has 0 spiro atoms. The molecule has 0 amide bonds. The summed E-state index contributed by atoms with van der Waals surface area (Å²) >= 11 is 0. The lowest BCUT2D eigenvalue weighted by Gasteiger charge is -2.06. The van der Waals surface area contributed by atoms with E-state index in [9.17, 15) is 0 Å². The van der Waals surface area contributed by atoms with Crippen molar-refractivity contribution in [1.82, 2.24) is 25.2 Å². The molecule has 102 valence electrons. The van der Waals surface area contributed by atoms with Crippen molar-refractivity contribution < 1.29 is 0 Å². The fourth-order valence-electron chi connectivity index (χ4n) is 2.46. The Hall–Kier alpha value is -2.95. The highest BCUT2D eigenvalue weighted by atomic mass is 15.4. The number of nitrogens with one attached hydrogen (secondary N) is 1.